The first kappa shape index (κ1) is 20.9. The molecule has 10 heteroatoms. The van der Waals surface area contributed by atoms with E-state index in [9.17, 15) is 22.5 Å². The van der Waals surface area contributed by atoms with Crippen molar-refractivity contribution in [2.24, 2.45) is 0 Å². The molecule has 0 radical (unpaired) electrons. The molecule has 0 fully saturated rings. The van der Waals surface area contributed by atoms with E-state index in [2.05, 4.69) is 9.97 Å². The van der Waals surface area contributed by atoms with E-state index in [4.69, 9.17) is 4.74 Å². The molecule has 2 aromatic heterocycles. The molecule has 1 atom stereocenters. The van der Waals surface area contributed by atoms with Crippen molar-refractivity contribution in [1.82, 2.24) is 14.5 Å². The Morgan fingerprint density at radius 2 is 1.97 bits per heavy atom. The number of hydrogen-bond donors (Lipinski definition) is 0. The fourth-order valence-corrected chi connectivity index (χ4v) is 3.10. The quantitative estimate of drug-likeness (QED) is 0.449. The first-order chi connectivity index (χ1) is 13.8. The number of pyridine rings is 1. The summed E-state index contributed by atoms with van der Waals surface area (Å²) in [7, 11) is 1.35. The van der Waals surface area contributed by atoms with Crippen molar-refractivity contribution in [3.05, 3.63) is 70.0 Å². The lowest BCUT2D eigenvalue weighted by atomic mass is 10.1. The second-order valence-corrected chi connectivity index (χ2v) is 7.34. The molecule has 0 bridgehead atoms. The summed E-state index contributed by atoms with van der Waals surface area (Å²) in [6, 6.07) is 8.06. The van der Waals surface area contributed by atoms with Crippen molar-refractivity contribution in [3.8, 4) is 17.0 Å². The maximum atomic E-state index is 13.9. The molecule has 3 rings (SSSR count). The normalized spacial score (nSPS) is 12.2. The van der Waals surface area contributed by atoms with Crippen molar-refractivity contribution in [2.45, 2.75) is 18.1 Å². The molecule has 152 valence electrons. The lowest BCUT2D eigenvalue weighted by molar-refractivity contribution is 0.145. The van der Waals surface area contributed by atoms with Gasteiger partial charge in [-0.2, -0.15) is 9.97 Å². The molecule has 0 N–H and O–H groups in total. The Morgan fingerprint density at radius 1 is 1.21 bits per heavy atom. The van der Waals surface area contributed by atoms with Crippen LogP contribution in [0.5, 0.6) is 5.75 Å². The van der Waals surface area contributed by atoms with E-state index in [1.165, 1.54) is 48.4 Å². The molecule has 3 aromatic rings. The summed E-state index contributed by atoms with van der Waals surface area (Å²) in [5.41, 5.74) is 0.0428. The topological polar surface area (TPSA) is 80.1 Å². The Balaban J connectivity index is 2.01. The van der Waals surface area contributed by atoms with E-state index in [1.54, 1.807) is 6.07 Å². The molecule has 0 aliphatic carbocycles. The first-order valence-corrected chi connectivity index (χ1v) is 9.88. The van der Waals surface area contributed by atoms with Crippen LogP contribution < -0.4 is 10.3 Å². The van der Waals surface area contributed by atoms with Crippen molar-refractivity contribution < 1.29 is 22.5 Å². The lowest BCUT2D eigenvalue weighted by Crippen LogP contribution is -2.19. The van der Waals surface area contributed by atoms with E-state index in [0.29, 0.717) is 11.1 Å². The van der Waals surface area contributed by atoms with Crippen LogP contribution >= 0.6 is 0 Å². The van der Waals surface area contributed by atoms with Gasteiger partial charge in [-0.05, 0) is 29.8 Å². The van der Waals surface area contributed by atoms with Gasteiger partial charge in [-0.25, -0.2) is 13.2 Å². The number of alkyl halides is 2. The van der Waals surface area contributed by atoms with Gasteiger partial charge in [0, 0.05) is 29.0 Å². The summed E-state index contributed by atoms with van der Waals surface area (Å²) in [6.07, 6.45) is -0.162. The average Bonchev–Trinajstić information content (AvgIpc) is 2.69. The molecule has 1 aromatic carbocycles. The van der Waals surface area contributed by atoms with Gasteiger partial charge >= 0.3 is 5.16 Å². The highest BCUT2D eigenvalue weighted by atomic mass is 32.2. The molecule has 0 amide bonds. The van der Waals surface area contributed by atoms with E-state index in [-0.39, 0.29) is 28.7 Å². The number of hydrogen-bond acceptors (Lipinski definition) is 5. The van der Waals surface area contributed by atoms with Crippen LogP contribution in [0, 0.1) is 5.82 Å². The summed E-state index contributed by atoms with van der Waals surface area (Å²) in [6.45, 7) is 0.0486. The fourth-order valence-electron chi connectivity index (χ4n) is 2.64. The standard InChI is InChI=1S/C19H16F3N3O3S/c1-28-16-5-3-11(7-13(16)20)9-25-10-12(4-6-17(25)26)14-8-15(18(21)22)24-19(23-14)29(2)27/h3-8,10,18H,9H2,1-2H3. The van der Waals surface area contributed by atoms with Gasteiger partial charge in [0.15, 0.2) is 11.6 Å². The number of ether oxygens (including phenoxy) is 1. The maximum Gasteiger partial charge on any atom is 0.343 e. The number of halogens is 3. The summed E-state index contributed by atoms with van der Waals surface area (Å²) < 4.78 is 58.1. The molecule has 0 saturated carbocycles. The van der Waals surface area contributed by atoms with Crippen molar-refractivity contribution in [1.29, 1.82) is 0 Å². The number of nitrogens with zero attached hydrogens (tertiary/aromatic N) is 3. The number of aromatic nitrogens is 3. The number of methoxy groups -OCH3 is 1. The van der Waals surface area contributed by atoms with Crippen LogP contribution in [0.25, 0.3) is 11.3 Å². The highest BCUT2D eigenvalue weighted by molar-refractivity contribution is 7.90. The summed E-state index contributed by atoms with van der Waals surface area (Å²) in [4.78, 5) is 19.9. The van der Waals surface area contributed by atoms with Crippen molar-refractivity contribution in [3.63, 3.8) is 0 Å². The Kier molecular flexibility index (Phi) is 6.23. The monoisotopic (exact) mass is 423 g/mol. The van der Waals surface area contributed by atoms with Gasteiger partial charge in [0.25, 0.3) is 12.0 Å². The molecule has 29 heavy (non-hydrogen) atoms. The zero-order valence-electron chi connectivity index (χ0n) is 15.4. The second-order valence-electron chi connectivity index (χ2n) is 6.07. The minimum atomic E-state index is -2.87. The third kappa shape index (κ3) is 4.77. The number of rotatable bonds is 6. The van der Waals surface area contributed by atoms with Crippen molar-refractivity contribution >= 4 is 11.2 Å². The number of benzene rings is 1. The summed E-state index contributed by atoms with van der Waals surface area (Å²) >= 11 is -1.66. The smallest absolute Gasteiger partial charge is 0.343 e. The highest BCUT2D eigenvalue weighted by Crippen LogP contribution is 2.24. The minimum Gasteiger partial charge on any atom is -0.609 e. The zero-order chi connectivity index (χ0) is 21.1. The predicted molar refractivity (Wildman–Crippen MR) is 101 cm³/mol. The molecule has 0 spiro atoms. The van der Waals surface area contributed by atoms with E-state index < -0.39 is 29.1 Å². The van der Waals surface area contributed by atoms with Gasteiger partial charge in [-0.1, -0.05) is 6.07 Å². The highest BCUT2D eigenvalue weighted by Gasteiger charge is 2.19. The third-order valence-electron chi connectivity index (χ3n) is 4.05. The van der Waals surface area contributed by atoms with E-state index in [0.717, 1.165) is 6.07 Å². The molecule has 2 heterocycles. The average molecular weight is 423 g/mol. The van der Waals surface area contributed by atoms with Gasteiger partial charge in [0.05, 0.1) is 19.3 Å². The van der Waals surface area contributed by atoms with E-state index in [1.807, 2.05) is 0 Å². The van der Waals surface area contributed by atoms with Crippen LogP contribution in [0.4, 0.5) is 13.2 Å². The second kappa shape index (κ2) is 8.66. The molecule has 0 aliphatic rings. The molecule has 0 saturated heterocycles. The molecule has 1 unspecified atom stereocenters. The predicted octanol–water partition coefficient (Wildman–Crippen LogP) is 3.18. The SMILES string of the molecule is COc1ccc(Cn2cc(-c3cc(C(F)F)nc([S+](C)[O-])n3)ccc2=O)cc1F. The zero-order valence-corrected chi connectivity index (χ0v) is 16.3. The van der Waals surface area contributed by atoms with Gasteiger partial charge in [0.1, 0.15) is 11.9 Å². The molecular formula is C19H16F3N3O3S. The van der Waals surface area contributed by atoms with E-state index >= 15 is 0 Å². The Morgan fingerprint density at radius 3 is 2.59 bits per heavy atom. The summed E-state index contributed by atoms with van der Waals surface area (Å²) in [5, 5.41) is -0.229. The van der Waals surface area contributed by atoms with Crippen LogP contribution in [0.15, 0.2) is 52.5 Å². The van der Waals surface area contributed by atoms with Crippen LogP contribution in [-0.2, 0) is 17.7 Å². The van der Waals surface area contributed by atoms with Gasteiger partial charge in [0.2, 0.25) is 0 Å². The fraction of sp³-hybridized carbons (Fsp3) is 0.211. The third-order valence-corrected chi connectivity index (χ3v) is 4.75. The molecule has 6 nitrogen and oxygen atoms in total. The minimum absolute atomic E-state index is 0.0486. The Labute approximate surface area is 167 Å². The van der Waals surface area contributed by atoms with Gasteiger partial charge in [-0.15, -0.1) is 0 Å². The molecule has 0 aliphatic heterocycles. The van der Waals surface area contributed by atoms with Crippen LogP contribution in [0.3, 0.4) is 0 Å². The largest absolute Gasteiger partial charge is 0.609 e. The Hall–Kier alpha value is -2.85. The maximum absolute atomic E-state index is 13.9. The first-order valence-electron chi connectivity index (χ1n) is 8.32. The lowest BCUT2D eigenvalue weighted by Gasteiger charge is -2.11. The van der Waals surface area contributed by atoms with Crippen LogP contribution in [0.2, 0.25) is 0 Å². The Bertz CT molecular complexity index is 1060. The van der Waals surface area contributed by atoms with Crippen LogP contribution in [0.1, 0.15) is 17.7 Å². The van der Waals surface area contributed by atoms with Crippen molar-refractivity contribution in [2.75, 3.05) is 13.4 Å². The van der Waals surface area contributed by atoms with Gasteiger partial charge < -0.3 is 13.9 Å². The van der Waals surface area contributed by atoms with Crippen LogP contribution in [-0.4, -0.2) is 32.5 Å². The molecular weight excluding hydrogens is 407 g/mol. The van der Waals surface area contributed by atoms with Gasteiger partial charge in [-0.3, -0.25) is 4.79 Å². The summed E-state index contributed by atoms with van der Waals surface area (Å²) in [5.74, 6) is -0.489.